The number of hydrogen-bond donors (Lipinski definition) is 0. The van der Waals surface area contributed by atoms with Gasteiger partial charge in [-0.3, -0.25) is 9.36 Å². The molecule has 1 aromatic carbocycles. The van der Waals surface area contributed by atoms with E-state index in [2.05, 4.69) is 0 Å². The normalized spacial score (nSPS) is 11.4. The summed E-state index contributed by atoms with van der Waals surface area (Å²) < 4.78 is 7.24. The molecule has 0 saturated heterocycles. The first kappa shape index (κ1) is 20.4. The molecule has 0 spiro atoms. The summed E-state index contributed by atoms with van der Waals surface area (Å²) in [5, 5.41) is 2.24. The number of ether oxygens (including phenoxy) is 1. The molecule has 0 bridgehead atoms. The second-order valence-corrected chi connectivity index (χ2v) is 8.86. The highest BCUT2D eigenvalue weighted by molar-refractivity contribution is 7.98. The Kier molecular flexibility index (Phi) is 6.98. The van der Waals surface area contributed by atoms with Crippen LogP contribution in [0.15, 0.2) is 34.2 Å². The summed E-state index contributed by atoms with van der Waals surface area (Å²) in [5.74, 6) is 0.740. The highest BCUT2D eigenvalue weighted by atomic mass is 35.5. The van der Waals surface area contributed by atoms with Gasteiger partial charge in [0.2, 0.25) is 0 Å². The summed E-state index contributed by atoms with van der Waals surface area (Å²) >= 11 is 9.15. The second-order valence-electron chi connectivity index (χ2n) is 6.28. The van der Waals surface area contributed by atoms with Gasteiger partial charge in [0.15, 0.2) is 5.16 Å². The first-order valence-corrected chi connectivity index (χ1v) is 11.1. The van der Waals surface area contributed by atoms with Crippen LogP contribution in [0.1, 0.15) is 29.3 Å². The average Bonchev–Trinajstić information content (AvgIpc) is 2.94. The van der Waals surface area contributed by atoms with Crippen LogP contribution in [0.2, 0.25) is 5.02 Å². The molecule has 3 aromatic rings. The van der Waals surface area contributed by atoms with Crippen molar-refractivity contribution in [1.82, 2.24) is 9.55 Å². The predicted octanol–water partition coefficient (Wildman–Crippen LogP) is 5.45. The topological polar surface area (TPSA) is 44.1 Å². The maximum Gasteiger partial charge on any atom is 0.263 e. The minimum absolute atomic E-state index is 0.0527. The summed E-state index contributed by atoms with van der Waals surface area (Å²) in [5.41, 5.74) is 2.25. The van der Waals surface area contributed by atoms with Gasteiger partial charge < -0.3 is 4.74 Å². The van der Waals surface area contributed by atoms with E-state index in [4.69, 9.17) is 21.3 Å². The Morgan fingerprint density at radius 3 is 2.70 bits per heavy atom. The van der Waals surface area contributed by atoms with Gasteiger partial charge in [0.1, 0.15) is 4.83 Å². The molecule has 2 aromatic heterocycles. The number of halogens is 1. The molecular weight excluding hydrogens is 400 g/mol. The molecule has 0 aliphatic rings. The summed E-state index contributed by atoms with van der Waals surface area (Å²) in [4.78, 5) is 20.0. The fourth-order valence-electron chi connectivity index (χ4n) is 2.81. The van der Waals surface area contributed by atoms with Crippen molar-refractivity contribution in [1.29, 1.82) is 0 Å². The van der Waals surface area contributed by atoms with Crippen LogP contribution < -0.4 is 5.56 Å². The summed E-state index contributed by atoms with van der Waals surface area (Å²) in [6.45, 7) is 7.96. The molecule has 0 fully saturated rings. The molecule has 3 rings (SSSR count). The fourth-order valence-corrected chi connectivity index (χ4v) is 4.99. The standard InChI is InChI=1S/C20H23ClN2O2S2/c1-4-25-11-5-10-23-19(24)17-13(2)14(3)27-18(17)22-20(23)26-12-15-6-8-16(21)9-7-15/h6-9H,4-5,10-12H2,1-3H3. The minimum Gasteiger partial charge on any atom is -0.382 e. The lowest BCUT2D eigenvalue weighted by atomic mass is 10.2. The van der Waals surface area contributed by atoms with E-state index in [-0.39, 0.29) is 5.56 Å². The van der Waals surface area contributed by atoms with Crippen LogP contribution in [0.5, 0.6) is 0 Å². The monoisotopic (exact) mass is 422 g/mol. The molecule has 0 atom stereocenters. The summed E-state index contributed by atoms with van der Waals surface area (Å²) in [6.07, 6.45) is 0.789. The van der Waals surface area contributed by atoms with Crippen LogP contribution in [0.3, 0.4) is 0 Å². The number of benzene rings is 1. The molecule has 0 radical (unpaired) electrons. The maximum absolute atomic E-state index is 13.2. The second kappa shape index (κ2) is 9.24. The van der Waals surface area contributed by atoms with E-state index in [1.165, 1.54) is 0 Å². The van der Waals surface area contributed by atoms with E-state index in [0.29, 0.717) is 19.8 Å². The SMILES string of the molecule is CCOCCCn1c(SCc2ccc(Cl)cc2)nc2sc(C)c(C)c2c1=O. The molecule has 0 aliphatic heterocycles. The van der Waals surface area contributed by atoms with Crippen LogP contribution in [0, 0.1) is 13.8 Å². The van der Waals surface area contributed by atoms with E-state index in [1.54, 1.807) is 27.7 Å². The molecular formula is C20H23ClN2O2S2. The Hall–Kier alpha value is -1.34. The van der Waals surface area contributed by atoms with Gasteiger partial charge in [-0.1, -0.05) is 35.5 Å². The third-order valence-electron chi connectivity index (χ3n) is 4.41. The average molecular weight is 423 g/mol. The van der Waals surface area contributed by atoms with E-state index < -0.39 is 0 Å². The van der Waals surface area contributed by atoms with Gasteiger partial charge >= 0.3 is 0 Å². The molecule has 7 heteroatoms. The summed E-state index contributed by atoms with van der Waals surface area (Å²) in [6, 6.07) is 7.78. The highest BCUT2D eigenvalue weighted by Crippen LogP contribution is 2.29. The Morgan fingerprint density at radius 2 is 2.00 bits per heavy atom. The number of fused-ring (bicyclic) bond motifs is 1. The Bertz CT molecular complexity index is 980. The van der Waals surface area contributed by atoms with Crippen LogP contribution in [0.4, 0.5) is 0 Å². The van der Waals surface area contributed by atoms with Crippen LogP contribution in [0.25, 0.3) is 10.2 Å². The molecule has 0 unspecified atom stereocenters. The molecule has 0 saturated carbocycles. The minimum atomic E-state index is 0.0527. The number of aryl methyl sites for hydroxylation is 2. The van der Waals surface area contributed by atoms with Gasteiger partial charge in [-0.25, -0.2) is 4.98 Å². The van der Waals surface area contributed by atoms with E-state index >= 15 is 0 Å². The lowest BCUT2D eigenvalue weighted by Gasteiger charge is -2.12. The smallest absolute Gasteiger partial charge is 0.263 e. The molecule has 0 N–H and O–H groups in total. The van der Waals surface area contributed by atoms with Crippen molar-refractivity contribution in [3.8, 4) is 0 Å². The van der Waals surface area contributed by atoms with Crippen molar-refractivity contribution in [2.75, 3.05) is 13.2 Å². The van der Waals surface area contributed by atoms with Crippen molar-refractivity contribution in [2.45, 2.75) is 44.6 Å². The third-order valence-corrected chi connectivity index (χ3v) is 6.81. The van der Waals surface area contributed by atoms with Gasteiger partial charge in [-0.15, -0.1) is 11.3 Å². The first-order valence-electron chi connectivity index (χ1n) is 8.96. The molecule has 2 heterocycles. The lowest BCUT2D eigenvalue weighted by Crippen LogP contribution is -2.24. The zero-order valence-corrected chi connectivity index (χ0v) is 18.1. The largest absolute Gasteiger partial charge is 0.382 e. The third kappa shape index (κ3) is 4.74. The maximum atomic E-state index is 13.2. The number of hydrogen-bond acceptors (Lipinski definition) is 5. The van der Waals surface area contributed by atoms with Crippen molar-refractivity contribution >= 4 is 44.9 Å². The van der Waals surface area contributed by atoms with Crippen molar-refractivity contribution in [3.05, 3.63) is 55.6 Å². The number of thioether (sulfide) groups is 1. The molecule has 144 valence electrons. The quantitative estimate of drug-likeness (QED) is 0.275. The highest BCUT2D eigenvalue weighted by Gasteiger charge is 2.16. The van der Waals surface area contributed by atoms with Gasteiger partial charge in [0.25, 0.3) is 5.56 Å². The van der Waals surface area contributed by atoms with E-state index in [9.17, 15) is 4.79 Å². The molecule has 0 amide bonds. The number of rotatable bonds is 8. The lowest BCUT2D eigenvalue weighted by molar-refractivity contribution is 0.140. The van der Waals surface area contributed by atoms with Crippen molar-refractivity contribution in [2.24, 2.45) is 0 Å². The molecule has 27 heavy (non-hydrogen) atoms. The van der Waals surface area contributed by atoms with Crippen molar-refractivity contribution in [3.63, 3.8) is 0 Å². The zero-order chi connectivity index (χ0) is 19.4. The molecule has 0 aliphatic carbocycles. The fraction of sp³-hybridized carbons (Fsp3) is 0.400. The first-order chi connectivity index (χ1) is 13.0. The van der Waals surface area contributed by atoms with Gasteiger partial charge in [-0.2, -0.15) is 0 Å². The van der Waals surface area contributed by atoms with Crippen LogP contribution in [-0.2, 0) is 17.0 Å². The number of nitrogens with zero attached hydrogens (tertiary/aromatic N) is 2. The van der Waals surface area contributed by atoms with Crippen LogP contribution >= 0.6 is 34.7 Å². The van der Waals surface area contributed by atoms with Gasteiger partial charge in [0, 0.05) is 35.4 Å². The Morgan fingerprint density at radius 1 is 1.26 bits per heavy atom. The van der Waals surface area contributed by atoms with E-state index in [1.807, 2.05) is 45.0 Å². The number of aromatic nitrogens is 2. The van der Waals surface area contributed by atoms with Crippen molar-refractivity contribution < 1.29 is 4.74 Å². The Labute approximate surface area is 172 Å². The zero-order valence-electron chi connectivity index (χ0n) is 15.8. The van der Waals surface area contributed by atoms with Crippen LogP contribution in [-0.4, -0.2) is 22.8 Å². The number of thiophene rings is 1. The summed E-state index contributed by atoms with van der Waals surface area (Å²) in [7, 11) is 0. The Balaban J connectivity index is 1.92. The predicted molar refractivity (Wildman–Crippen MR) is 115 cm³/mol. The molecule has 4 nitrogen and oxygen atoms in total. The van der Waals surface area contributed by atoms with E-state index in [0.717, 1.165) is 48.6 Å². The van der Waals surface area contributed by atoms with Gasteiger partial charge in [0.05, 0.1) is 5.39 Å². The van der Waals surface area contributed by atoms with Gasteiger partial charge in [-0.05, 0) is 50.5 Å².